The van der Waals surface area contributed by atoms with Crippen molar-refractivity contribution in [1.82, 2.24) is 10.2 Å². The smallest absolute Gasteiger partial charge is 0.328 e. The topological polar surface area (TPSA) is 67.9 Å². The van der Waals surface area contributed by atoms with Crippen LogP contribution >= 0.6 is 0 Å². The van der Waals surface area contributed by atoms with E-state index < -0.39 is 23.9 Å². The Labute approximate surface area is 176 Å². The lowest BCUT2D eigenvalue weighted by Gasteiger charge is -2.57. The van der Waals surface area contributed by atoms with Crippen LogP contribution in [-0.2, 0) is 9.53 Å². The first kappa shape index (κ1) is 19.6. The monoisotopic (exact) mass is 416 g/mol. The van der Waals surface area contributed by atoms with Gasteiger partial charge < -0.3 is 19.7 Å². The van der Waals surface area contributed by atoms with E-state index >= 15 is 0 Å². The molecule has 4 aliphatic carbocycles. The Morgan fingerprint density at radius 3 is 2.30 bits per heavy atom. The minimum Gasteiger partial charge on any atom is -0.485 e. The number of esters is 1. The number of rotatable bonds is 4. The second-order valence-corrected chi connectivity index (χ2v) is 9.73. The molecule has 162 valence electrons. The van der Waals surface area contributed by atoms with Gasteiger partial charge in [0.2, 0.25) is 0 Å². The number of likely N-dealkylation sites (tertiary alicyclic amines) is 1. The molecule has 5 fully saturated rings. The number of methoxy groups -OCH3 is 1. The van der Waals surface area contributed by atoms with Gasteiger partial charge in [0.05, 0.1) is 13.7 Å². The number of urea groups is 1. The van der Waals surface area contributed by atoms with Crippen LogP contribution < -0.4 is 10.1 Å². The standard InChI is InChI=1S/C23H29FN2O4/c1-29-21(27)19-9-17(30-20-5-3-2-4-18(20)24)13-26(19)22(28)25-23-10-14-6-15(11-23)8-16(7-14)12-23/h2-5,14-17,19H,6-13H2,1H3,(H,25,28). The third kappa shape index (κ3) is 3.52. The Bertz CT molecular complexity index is 809. The number of para-hydroxylation sites is 1. The fourth-order valence-corrected chi connectivity index (χ4v) is 6.75. The maximum Gasteiger partial charge on any atom is 0.328 e. The molecule has 30 heavy (non-hydrogen) atoms. The molecule has 1 aliphatic heterocycles. The summed E-state index contributed by atoms with van der Waals surface area (Å²) < 4.78 is 24.7. The quantitative estimate of drug-likeness (QED) is 0.763. The first-order valence-electron chi connectivity index (χ1n) is 11.0. The summed E-state index contributed by atoms with van der Waals surface area (Å²) in [5.74, 6) is 1.35. The molecule has 1 N–H and O–H groups in total. The highest BCUT2D eigenvalue weighted by Crippen LogP contribution is 2.55. The van der Waals surface area contributed by atoms with Gasteiger partial charge in [-0.25, -0.2) is 14.0 Å². The van der Waals surface area contributed by atoms with Gasteiger partial charge in [0.1, 0.15) is 12.1 Å². The van der Waals surface area contributed by atoms with Crippen molar-refractivity contribution in [3.63, 3.8) is 0 Å². The molecule has 7 heteroatoms. The van der Waals surface area contributed by atoms with E-state index in [0.717, 1.165) is 19.3 Å². The Hall–Kier alpha value is -2.31. The van der Waals surface area contributed by atoms with Crippen molar-refractivity contribution in [2.45, 2.75) is 62.6 Å². The van der Waals surface area contributed by atoms with Gasteiger partial charge in [-0.2, -0.15) is 0 Å². The largest absolute Gasteiger partial charge is 0.485 e. The predicted octanol–water partition coefficient (Wildman–Crippen LogP) is 3.50. The molecule has 2 unspecified atom stereocenters. The Balaban J connectivity index is 1.31. The molecule has 2 amide bonds. The fourth-order valence-electron chi connectivity index (χ4n) is 6.75. The van der Waals surface area contributed by atoms with Crippen LogP contribution in [0.4, 0.5) is 9.18 Å². The maximum absolute atomic E-state index is 14.0. The van der Waals surface area contributed by atoms with E-state index in [1.165, 1.54) is 37.3 Å². The predicted molar refractivity (Wildman–Crippen MR) is 107 cm³/mol. The molecule has 1 saturated heterocycles. The van der Waals surface area contributed by atoms with Crippen molar-refractivity contribution in [2.75, 3.05) is 13.7 Å². The van der Waals surface area contributed by atoms with Crippen LogP contribution in [0.2, 0.25) is 0 Å². The zero-order chi connectivity index (χ0) is 20.9. The van der Waals surface area contributed by atoms with E-state index in [2.05, 4.69) is 5.32 Å². The lowest BCUT2D eigenvalue weighted by Crippen LogP contribution is -2.62. The highest BCUT2D eigenvalue weighted by molar-refractivity contribution is 5.85. The first-order chi connectivity index (χ1) is 14.4. The molecule has 6 nitrogen and oxygen atoms in total. The fraction of sp³-hybridized carbons (Fsp3) is 0.652. The first-order valence-corrected chi connectivity index (χ1v) is 11.0. The molecule has 4 saturated carbocycles. The number of carbonyl (C=O) groups is 2. The van der Waals surface area contributed by atoms with E-state index in [4.69, 9.17) is 9.47 Å². The summed E-state index contributed by atoms with van der Waals surface area (Å²) in [5, 5.41) is 3.32. The van der Waals surface area contributed by atoms with Gasteiger partial charge in [0.25, 0.3) is 0 Å². The van der Waals surface area contributed by atoms with Crippen molar-refractivity contribution in [1.29, 1.82) is 0 Å². The molecule has 0 radical (unpaired) electrons. The molecule has 1 aromatic carbocycles. The highest BCUT2D eigenvalue weighted by atomic mass is 19.1. The van der Waals surface area contributed by atoms with Crippen LogP contribution in [0.25, 0.3) is 0 Å². The Morgan fingerprint density at radius 2 is 1.70 bits per heavy atom. The third-order valence-corrected chi connectivity index (χ3v) is 7.54. The molecule has 5 aliphatic rings. The normalized spacial score (nSPS) is 36.6. The van der Waals surface area contributed by atoms with E-state index in [1.54, 1.807) is 18.2 Å². The average Bonchev–Trinajstić information content (AvgIpc) is 3.12. The van der Waals surface area contributed by atoms with Crippen LogP contribution in [0.3, 0.4) is 0 Å². The number of ether oxygens (including phenoxy) is 2. The van der Waals surface area contributed by atoms with E-state index in [9.17, 15) is 14.0 Å². The minimum atomic E-state index is -0.722. The summed E-state index contributed by atoms with van der Waals surface area (Å²) in [6.07, 6.45) is 6.82. The van der Waals surface area contributed by atoms with Crippen molar-refractivity contribution >= 4 is 12.0 Å². The molecule has 1 heterocycles. The molecule has 6 rings (SSSR count). The van der Waals surface area contributed by atoms with Gasteiger partial charge >= 0.3 is 12.0 Å². The molecule has 0 spiro atoms. The number of nitrogens with one attached hydrogen (secondary N) is 1. The van der Waals surface area contributed by atoms with Crippen LogP contribution in [0.15, 0.2) is 24.3 Å². The number of amides is 2. The number of hydrogen-bond acceptors (Lipinski definition) is 4. The van der Waals surface area contributed by atoms with Crippen LogP contribution in [-0.4, -0.2) is 48.2 Å². The van der Waals surface area contributed by atoms with Crippen molar-refractivity contribution < 1.29 is 23.5 Å². The second kappa shape index (κ2) is 7.43. The maximum atomic E-state index is 14.0. The SMILES string of the molecule is COC(=O)C1CC(Oc2ccccc2F)CN1C(=O)NC12CC3CC(CC(C3)C1)C2. The number of halogens is 1. The summed E-state index contributed by atoms with van der Waals surface area (Å²) in [5.41, 5.74) is -0.142. The van der Waals surface area contributed by atoms with E-state index in [0.29, 0.717) is 17.8 Å². The molecule has 0 aromatic heterocycles. The summed E-state index contributed by atoms with van der Waals surface area (Å²) >= 11 is 0. The molecular formula is C23H29FN2O4. The molecule has 2 atom stereocenters. The van der Waals surface area contributed by atoms with Gasteiger partial charge in [0, 0.05) is 12.0 Å². The van der Waals surface area contributed by atoms with Crippen LogP contribution in [0.5, 0.6) is 5.75 Å². The highest BCUT2D eigenvalue weighted by Gasteiger charge is 2.53. The number of hydrogen-bond donors (Lipinski definition) is 1. The summed E-state index contributed by atoms with van der Waals surface area (Å²) in [6.45, 7) is 0.228. The Morgan fingerprint density at radius 1 is 1.07 bits per heavy atom. The lowest BCUT2D eigenvalue weighted by atomic mass is 9.53. The van der Waals surface area contributed by atoms with Crippen LogP contribution in [0, 0.1) is 23.6 Å². The molecule has 4 bridgehead atoms. The van der Waals surface area contributed by atoms with E-state index in [-0.39, 0.29) is 30.3 Å². The zero-order valence-corrected chi connectivity index (χ0v) is 17.3. The van der Waals surface area contributed by atoms with Gasteiger partial charge in [0.15, 0.2) is 11.6 Å². The third-order valence-electron chi connectivity index (χ3n) is 7.54. The van der Waals surface area contributed by atoms with Crippen molar-refractivity contribution in [3.8, 4) is 5.75 Å². The summed E-state index contributed by atoms with van der Waals surface area (Å²) in [7, 11) is 1.32. The van der Waals surface area contributed by atoms with Gasteiger partial charge in [-0.1, -0.05) is 12.1 Å². The number of nitrogens with zero attached hydrogens (tertiary/aromatic N) is 1. The minimum absolute atomic E-state index is 0.134. The summed E-state index contributed by atoms with van der Waals surface area (Å²) in [4.78, 5) is 27.2. The van der Waals surface area contributed by atoms with Gasteiger partial charge in [-0.15, -0.1) is 0 Å². The van der Waals surface area contributed by atoms with Gasteiger partial charge in [-0.3, -0.25) is 0 Å². The molecule has 1 aromatic rings. The number of benzene rings is 1. The van der Waals surface area contributed by atoms with Crippen molar-refractivity contribution in [2.24, 2.45) is 17.8 Å². The second-order valence-electron chi connectivity index (χ2n) is 9.73. The summed E-state index contributed by atoms with van der Waals surface area (Å²) in [6, 6.07) is 5.23. The lowest BCUT2D eigenvalue weighted by molar-refractivity contribution is -0.145. The van der Waals surface area contributed by atoms with Gasteiger partial charge in [-0.05, 0) is 68.4 Å². The van der Waals surface area contributed by atoms with E-state index in [1.807, 2.05) is 0 Å². The Kier molecular flexibility index (Phi) is 4.86. The van der Waals surface area contributed by atoms with Crippen molar-refractivity contribution in [3.05, 3.63) is 30.1 Å². The average molecular weight is 416 g/mol. The zero-order valence-electron chi connectivity index (χ0n) is 17.3. The molecular weight excluding hydrogens is 387 g/mol. The number of carbonyl (C=O) groups excluding carboxylic acids is 2. The van der Waals surface area contributed by atoms with Crippen LogP contribution in [0.1, 0.15) is 44.9 Å².